The van der Waals surface area contributed by atoms with Crippen molar-refractivity contribution in [3.63, 3.8) is 0 Å². The average Bonchev–Trinajstić information content (AvgIpc) is 2.48. The molecule has 5 N–H and O–H groups in total. The lowest BCUT2D eigenvalue weighted by atomic mass is 10.1. The first-order valence-electron chi connectivity index (χ1n) is 7.86. The standard InChI is InChI=1S/C15H26N2O7S/c1-7(2)12(14(21)22)24-15(23)11(8(3)25)17-10(18)6-4-5-9(16)13(19)20/h7-9,11-12,25H,4-6,16H2,1-3H3,(H,17,18)(H,19,20)(H,21,22)/t8-,9+,11+,12-/m1/s1. The molecule has 10 heteroatoms. The molecule has 0 aliphatic carbocycles. The summed E-state index contributed by atoms with van der Waals surface area (Å²) in [5, 5.41) is 19.6. The Balaban J connectivity index is 4.68. The highest BCUT2D eigenvalue weighted by Gasteiger charge is 2.32. The van der Waals surface area contributed by atoms with E-state index in [9.17, 15) is 19.2 Å². The van der Waals surface area contributed by atoms with Crippen LogP contribution in [0, 0.1) is 5.92 Å². The summed E-state index contributed by atoms with van der Waals surface area (Å²) in [4.78, 5) is 45.8. The third-order valence-electron chi connectivity index (χ3n) is 3.38. The van der Waals surface area contributed by atoms with Crippen LogP contribution in [-0.2, 0) is 23.9 Å². The fraction of sp³-hybridized carbons (Fsp3) is 0.733. The maximum absolute atomic E-state index is 12.2. The van der Waals surface area contributed by atoms with Crippen molar-refractivity contribution < 1.29 is 34.1 Å². The lowest BCUT2D eigenvalue weighted by Crippen LogP contribution is -2.49. The van der Waals surface area contributed by atoms with Crippen molar-refractivity contribution in [2.45, 2.75) is 63.5 Å². The molecule has 9 nitrogen and oxygen atoms in total. The van der Waals surface area contributed by atoms with Gasteiger partial charge in [0.2, 0.25) is 12.0 Å². The summed E-state index contributed by atoms with van der Waals surface area (Å²) in [6.07, 6.45) is -1.01. The zero-order chi connectivity index (χ0) is 19.7. The van der Waals surface area contributed by atoms with Gasteiger partial charge >= 0.3 is 17.9 Å². The highest BCUT2D eigenvalue weighted by atomic mass is 32.1. The van der Waals surface area contributed by atoms with Crippen LogP contribution >= 0.6 is 12.6 Å². The molecule has 0 fully saturated rings. The van der Waals surface area contributed by atoms with Crippen molar-refractivity contribution >= 4 is 36.4 Å². The largest absolute Gasteiger partial charge is 0.480 e. The molecule has 0 unspecified atom stereocenters. The second kappa shape index (κ2) is 10.9. The minimum atomic E-state index is -1.33. The van der Waals surface area contributed by atoms with Gasteiger partial charge in [-0.15, -0.1) is 0 Å². The summed E-state index contributed by atoms with van der Waals surface area (Å²) in [7, 11) is 0. The fourth-order valence-electron chi connectivity index (χ4n) is 1.90. The van der Waals surface area contributed by atoms with E-state index < -0.39 is 53.2 Å². The summed E-state index contributed by atoms with van der Waals surface area (Å²) in [6, 6.07) is -2.18. The molecule has 25 heavy (non-hydrogen) atoms. The SMILES string of the molecule is CC(C)[C@@H](OC(=O)[C@@H](NC(=O)CCC[C@H](N)C(=O)O)[C@@H](C)S)C(=O)O. The Labute approximate surface area is 151 Å². The monoisotopic (exact) mass is 378 g/mol. The van der Waals surface area contributed by atoms with Crippen LogP contribution in [-0.4, -0.2) is 57.5 Å². The molecular weight excluding hydrogens is 352 g/mol. The van der Waals surface area contributed by atoms with Crippen LogP contribution in [0.3, 0.4) is 0 Å². The highest BCUT2D eigenvalue weighted by Crippen LogP contribution is 2.12. The number of thiol groups is 1. The number of nitrogens with two attached hydrogens (primary N) is 1. The smallest absolute Gasteiger partial charge is 0.345 e. The van der Waals surface area contributed by atoms with Gasteiger partial charge in [0.25, 0.3) is 0 Å². The van der Waals surface area contributed by atoms with E-state index in [-0.39, 0.29) is 19.3 Å². The number of hydrogen-bond acceptors (Lipinski definition) is 7. The molecule has 0 spiro atoms. The number of carbonyl (C=O) groups excluding carboxylic acids is 2. The van der Waals surface area contributed by atoms with Gasteiger partial charge in [-0.2, -0.15) is 12.6 Å². The summed E-state index contributed by atoms with van der Waals surface area (Å²) in [5.74, 6) is -4.26. The summed E-state index contributed by atoms with van der Waals surface area (Å²) in [6.45, 7) is 4.74. The lowest BCUT2D eigenvalue weighted by Gasteiger charge is -2.24. The fourth-order valence-corrected chi connectivity index (χ4v) is 2.09. The van der Waals surface area contributed by atoms with Crippen molar-refractivity contribution in [2.75, 3.05) is 0 Å². The molecule has 0 saturated heterocycles. The van der Waals surface area contributed by atoms with Crippen molar-refractivity contribution in [1.82, 2.24) is 5.32 Å². The molecule has 0 aromatic rings. The summed E-state index contributed by atoms with van der Waals surface area (Å²) < 4.78 is 4.97. The van der Waals surface area contributed by atoms with Crippen LogP contribution in [0.25, 0.3) is 0 Å². The van der Waals surface area contributed by atoms with Crippen LogP contribution in [0.4, 0.5) is 0 Å². The minimum Gasteiger partial charge on any atom is -0.480 e. The van der Waals surface area contributed by atoms with Gasteiger partial charge in [-0.25, -0.2) is 9.59 Å². The Kier molecular flexibility index (Phi) is 10.1. The van der Waals surface area contributed by atoms with Crippen LogP contribution in [0.1, 0.15) is 40.0 Å². The molecule has 144 valence electrons. The summed E-state index contributed by atoms with van der Waals surface area (Å²) >= 11 is 4.12. The first-order valence-corrected chi connectivity index (χ1v) is 8.38. The maximum Gasteiger partial charge on any atom is 0.345 e. The molecule has 0 aromatic heterocycles. The Bertz CT molecular complexity index is 496. The number of ether oxygens (including phenoxy) is 1. The molecule has 0 aliphatic rings. The third kappa shape index (κ3) is 8.73. The first-order chi connectivity index (χ1) is 11.5. The van der Waals surface area contributed by atoms with E-state index in [1.54, 1.807) is 20.8 Å². The van der Waals surface area contributed by atoms with Gasteiger partial charge in [-0.1, -0.05) is 20.8 Å². The Morgan fingerprint density at radius 3 is 2.08 bits per heavy atom. The molecule has 0 bridgehead atoms. The number of carboxylic acids is 2. The van der Waals surface area contributed by atoms with Crippen molar-refractivity contribution in [3.05, 3.63) is 0 Å². The van der Waals surface area contributed by atoms with Gasteiger partial charge in [-0.05, 0) is 12.8 Å². The van der Waals surface area contributed by atoms with E-state index in [1.807, 2.05) is 0 Å². The van der Waals surface area contributed by atoms with Gasteiger partial charge < -0.3 is 26.0 Å². The summed E-state index contributed by atoms with van der Waals surface area (Å²) in [5.41, 5.74) is 5.34. The number of esters is 1. The number of nitrogens with one attached hydrogen (secondary N) is 1. The van der Waals surface area contributed by atoms with Crippen molar-refractivity contribution in [3.8, 4) is 0 Å². The van der Waals surface area contributed by atoms with E-state index >= 15 is 0 Å². The Hall–Kier alpha value is -1.81. The molecule has 0 aliphatic heterocycles. The number of hydrogen-bond donors (Lipinski definition) is 5. The molecule has 0 aromatic carbocycles. The second-order valence-corrected chi connectivity index (χ2v) is 6.88. The predicted octanol–water partition coefficient (Wildman–Crippen LogP) is 0.0241. The highest BCUT2D eigenvalue weighted by molar-refractivity contribution is 7.81. The first kappa shape index (κ1) is 23.2. The van der Waals surface area contributed by atoms with Crippen LogP contribution in [0.2, 0.25) is 0 Å². The number of carboxylic acid groups (broad SMARTS) is 2. The van der Waals surface area contributed by atoms with E-state index in [2.05, 4.69) is 17.9 Å². The van der Waals surface area contributed by atoms with Crippen LogP contribution in [0.15, 0.2) is 0 Å². The van der Waals surface area contributed by atoms with Gasteiger partial charge in [-0.3, -0.25) is 9.59 Å². The number of amides is 1. The zero-order valence-corrected chi connectivity index (χ0v) is 15.4. The normalized spacial score (nSPS) is 15.8. The molecule has 4 atom stereocenters. The van der Waals surface area contributed by atoms with Crippen LogP contribution in [0.5, 0.6) is 0 Å². The lowest BCUT2D eigenvalue weighted by molar-refractivity contribution is -0.168. The molecule has 0 radical (unpaired) electrons. The average molecular weight is 378 g/mol. The van der Waals surface area contributed by atoms with Gasteiger partial charge in [0, 0.05) is 17.6 Å². The van der Waals surface area contributed by atoms with Gasteiger partial charge in [0.05, 0.1) is 0 Å². The number of rotatable bonds is 11. The van der Waals surface area contributed by atoms with Crippen molar-refractivity contribution in [2.24, 2.45) is 11.7 Å². The van der Waals surface area contributed by atoms with Gasteiger partial charge in [0.15, 0.2) is 0 Å². The minimum absolute atomic E-state index is 0.0300. The van der Waals surface area contributed by atoms with E-state index in [1.165, 1.54) is 0 Å². The maximum atomic E-state index is 12.2. The molecule has 0 heterocycles. The number of aliphatic carboxylic acids is 2. The van der Waals surface area contributed by atoms with E-state index in [0.29, 0.717) is 0 Å². The third-order valence-corrected chi connectivity index (χ3v) is 3.68. The second-order valence-electron chi connectivity index (χ2n) is 6.06. The molecule has 1 amide bonds. The van der Waals surface area contributed by atoms with Crippen molar-refractivity contribution in [1.29, 1.82) is 0 Å². The Morgan fingerprint density at radius 1 is 1.12 bits per heavy atom. The number of carbonyl (C=O) groups is 4. The van der Waals surface area contributed by atoms with Crippen LogP contribution < -0.4 is 11.1 Å². The molecule has 0 rings (SSSR count). The van der Waals surface area contributed by atoms with E-state index in [0.717, 1.165) is 0 Å². The quantitative estimate of drug-likeness (QED) is 0.249. The van der Waals surface area contributed by atoms with Gasteiger partial charge in [0.1, 0.15) is 12.1 Å². The topological polar surface area (TPSA) is 156 Å². The molecular formula is C15H26N2O7S. The predicted molar refractivity (Wildman–Crippen MR) is 92.2 cm³/mol. The van der Waals surface area contributed by atoms with E-state index in [4.69, 9.17) is 20.7 Å². The Morgan fingerprint density at radius 2 is 1.68 bits per heavy atom. The zero-order valence-electron chi connectivity index (χ0n) is 14.5. The molecule has 0 saturated carbocycles.